The highest BCUT2D eigenvalue weighted by molar-refractivity contribution is 7.98. The number of benzene rings is 1. The highest BCUT2D eigenvalue weighted by atomic mass is 35.5. The van der Waals surface area contributed by atoms with E-state index >= 15 is 0 Å². The predicted octanol–water partition coefficient (Wildman–Crippen LogP) is 2.62. The highest BCUT2D eigenvalue weighted by Crippen LogP contribution is 2.20. The van der Waals surface area contributed by atoms with Gasteiger partial charge in [0.25, 0.3) is 0 Å². The molecule has 1 aromatic heterocycles. The van der Waals surface area contributed by atoms with E-state index < -0.39 is 12.0 Å². The number of carbonyl (C=O) groups is 2. The number of carbonyl (C=O) groups excluding carboxylic acids is 1. The highest BCUT2D eigenvalue weighted by Gasteiger charge is 2.19. The summed E-state index contributed by atoms with van der Waals surface area (Å²) < 4.78 is 1.75. The summed E-state index contributed by atoms with van der Waals surface area (Å²) >= 11 is 7.52. The molecule has 0 radical (unpaired) electrons. The molecule has 0 bridgehead atoms. The second-order valence-electron chi connectivity index (χ2n) is 4.89. The molecule has 5 nitrogen and oxygen atoms in total. The maximum atomic E-state index is 12.1. The van der Waals surface area contributed by atoms with Crippen molar-refractivity contribution in [3.8, 4) is 0 Å². The van der Waals surface area contributed by atoms with Crippen molar-refractivity contribution in [1.82, 2.24) is 9.88 Å². The van der Waals surface area contributed by atoms with Crippen LogP contribution in [-0.4, -0.2) is 39.6 Å². The average Bonchev–Trinajstić information content (AvgIpc) is 2.85. The Balaban J connectivity index is 2.06. The third-order valence-electron chi connectivity index (χ3n) is 3.29. The summed E-state index contributed by atoms with van der Waals surface area (Å²) in [5.74, 6) is -0.659. The van der Waals surface area contributed by atoms with Gasteiger partial charge in [0.05, 0.1) is 0 Å². The molecule has 0 aliphatic carbocycles. The predicted molar refractivity (Wildman–Crippen MR) is 89.5 cm³/mol. The first kappa shape index (κ1) is 16.7. The molecule has 1 aromatic carbocycles. The van der Waals surface area contributed by atoms with E-state index in [4.69, 9.17) is 16.7 Å². The first-order valence-electron chi connectivity index (χ1n) is 6.76. The zero-order valence-corrected chi connectivity index (χ0v) is 13.7. The average molecular weight is 341 g/mol. The van der Waals surface area contributed by atoms with Crippen molar-refractivity contribution in [1.29, 1.82) is 0 Å². The fourth-order valence-electron chi connectivity index (χ4n) is 2.18. The molecule has 7 heteroatoms. The first-order valence-corrected chi connectivity index (χ1v) is 8.54. The zero-order valence-electron chi connectivity index (χ0n) is 12.1. The van der Waals surface area contributed by atoms with Crippen molar-refractivity contribution in [3.05, 3.63) is 35.5 Å². The number of amides is 1. The van der Waals surface area contributed by atoms with Gasteiger partial charge in [-0.05, 0) is 42.0 Å². The van der Waals surface area contributed by atoms with Crippen LogP contribution in [0.3, 0.4) is 0 Å². The lowest BCUT2D eigenvalue weighted by Gasteiger charge is -2.14. The van der Waals surface area contributed by atoms with Gasteiger partial charge in [0.15, 0.2) is 0 Å². The molecular formula is C15H17ClN2O3S. The lowest BCUT2D eigenvalue weighted by Crippen LogP contribution is -2.42. The van der Waals surface area contributed by atoms with Gasteiger partial charge in [-0.2, -0.15) is 11.8 Å². The maximum absolute atomic E-state index is 12.1. The number of thioether (sulfide) groups is 1. The van der Waals surface area contributed by atoms with Crippen LogP contribution in [0.25, 0.3) is 10.9 Å². The lowest BCUT2D eigenvalue weighted by molar-refractivity contribution is -0.141. The third-order valence-corrected chi connectivity index (χ3v) is 4.17. The summed E-state index contributed by atoms with van der Waals surface area (Å²) in [6, 6.07) is 6.49. The summed E-state index contributed by atoms with van der Waals surface area (Å²) in [6.45, 7) is 0.0624. The maximum Gasteiger partial charge on any atom is 0.326 e. The standard InChI is InChI=1S/C15H17ClN2O3S/c1-22-7-5-12(15(20)21)17-14(19)9-18-6-4-10-2-3-11(16)8-13(10)18/h2-4,6,8,12H,5,7,9H2,1H3,(H,17,19)(H,20,21)/t12-/m1/s1. The van der Waals surface area contributed by atoms with Crippen LogP contribution in [0, 0.1) is 0 Å². The molecule has 0 unspecified atom stereocenters. The number of aromatic nitrogens is 1. The van der Waals surface area contributed by atoms with Crippen LogP contribution < -0.4 is 5.32 Å². The van der Waals surface area contributed by atoms with Crippen LogP contribution in [0.15, 0.2) is 30.5 Å². The molecule has 0 aliphatic heterocycles. The minimum atomic E-state index is -1.01. The first-order chi connectivity index (χ1) is 10.5. The molecule has 2 N–H and O–H groups in total. The van der Waals surface area contributed by atoms with Crippen LogP contribution in [0.2, 0.25) is 5.02 Å². The molecular weight excluding hydrogens is 324 g/mol. The minimum absolute atomic E-state index is 0.0624. The normalized spacial score (nSPS) is 12.3. The molecule has 22 heavy (non-hydrogen) atoms. The Labute approximate surface area is 137 Å². The Morgan fingerprint density at radius 2 is 2.18 bits per heavy atom. The number of carboxylic acids is 1. The number of aliphatic carboxylic acids is 1. The summed E-state index contributed by atoms with van der Waals surface area (Å²) in [7, 11) is 0. The fourth-order valence-corrected chi connectivity index (χ4v) is 2.82. The Kier molecular flexibility index (Phi) is 5.74. The van der Waals surface area contributed by atoms with Gasteiger partial charge < -0.3 is 15.0 Å². The van der Waals surface area contributed by atoms with Gasteiger partial charge in [-0.1, -0.05) is 17.7 Å². The largest absolute Gasteiger partial charge is 0.480 e. The molecule has 2 aromatic rings. The molecule has 1 heterocycles. The summed E-state index contributed by atoms with van der Waals surface area (Å²) in [4.78, 5) is 23.2. The van der Waals surface area contributed by atoms with E-state index in [9.17, 15) is 9.59 Å². The van der Waals surface area contributed by atoms with Crippen molar-refractivity contribution in [2.24, 2.45) is 0 Å². The van der Waals surface area contributed by atoms with Crippen LogP contribution in [-0.2, 0) is 16.1 Å². The van der Waals surface area contributed by atoms with Crippen molar-refractivity contribution in [3.63, 3.8) is 0 Å². The van der Waals surface area contributed by atoms with Gasteiger partial charge in [0.2, 0.25) is 5.91 Å². The molecule has 2 rings (SSSR count). The quantitative estimate of drug-likeness (QED) is 0.812. The van der Waals surface area contributed by atoms with Crippen molar-refractivity contribution in [2.45, 2.75) is 19.0 Å². The molecule has 0 aliphatic rings. The smallest absolute Gasteiger partial charge is 0.326 e. The molecule has 0 spiro atoms. The number of nitrogens with zero attached hydrogens (tertiary/aromatic N) is 1. The van der Waals surface area contributed by atoms with E-state index in [-0.39, 0.29) is 12.5 Å². The van der Waals surface area contributed by atoms with Crippen LogP contribution in [0.4, 0.5) is 0 Å². The Bertz CT molecular complexity index is 686. The van der Waals surface area contributed by atoms with Gasteiger partial charge in [-0.25, -0.2) is 4.79 Å². The van der Waals surface area contributed by atoms with Crippen molar-refractivity contribution >= 4 is 46.1 Å². The van der Waals surface area contributed by atoms with Crippen LogP contribution >= 0.6 is 23.4 Å². The fraction of sp³-hybridized carbons (Fsp3) is 0.333. The molecule has 1 amide bonds. The third kappa shape index (κ3) is 4.18. The summed E-state index contributed by atoms with van der Waals surface area (Å²) in [5.41, 5.74) is 0.846. The number of halogens is 1. The molecule has 118 valence electrons. The molecule has 0 fully saturated rings. The Hall–Kier alpha value is -1.66. The van der Waals surface area contributed by atoms with E-state index in [0.29, 0.717) is 17.2 Å². The number of carboxylic acid groups (broad SMARTS) is 1. The Morgan fingerprint density at radius 3 is 2.86 bits per heavy atom. The number of hydrogen-bond acceptors (Lipinski definition) is 3. The van der Waals surface area contributed by atoms with Gasteiger partial charge in [0.1, 0.15) is 12.6 Å². The van der Waals surface area contributed by atoms with E-state index in [0.717, 1.165) is 10.9 Å². The van der Waals surface area contributed by atoms with Gasteiger partial charge in [-0.15, -0.1) is 0 Å². The number of hydrogen-bond donors (Lipinski definition) is 2. The number of nitrogens with one attached hydrogen (secondary N) is 1. The number of rotatable bonds is 7. The lowest BCUT2D eigenvalue weighted by atomic mass is 10.2. The summed E-state index contributed by atoms with van der Waals surface area (Å²) in [6.07, 6.45) is 4.09. The van der Waals surface area contributed by atoms with Crippen LogP contribution in [0.1, 0.15) is 6.42 Å². The molecule has 1 atom stereocenters. The SMILES string of the molecule is CSCC[C@@H](NC(=O)Cn1ccc2ccc(Cl)cc21)C(=O)O. The monoisotopic (exact) mass is 340 g/mol. The summed E-state index contributed by atoms with van der Waals surface area (Å²) in [5, 5.41) is 13.3. The van der Waals surface area contributed by atoms with Gasteiger partial charge >= 0.3 is 5.97 Å². The zero-order chi connectivity index (χ0) is 16.1. The van der Waals surface area contributed by atoms with Crippen LogP contribution in [0.5, 0.6) is 0 Å². The van der Waals surface area contributed by atoms with E-state index in [1.165, 1.54) is 0 Å². The van der Waals surface area contributed by atoms with E-state index in [1.54, 1.807) is 34.7 Å². The van der Waals surface area contributed by atoms with Gasteiger partial charge in [-0.3, -0.25) is 4.79 Å². The second kappa shape index (κ2) is 7.56. The van der Waals surface area contributed by atoms with Crippen molar-refractivity contribution in [2.75, 3.05) is 12.0 Å². The number of fused-ring (bicyclic) bond motifs is 1. The molecule has 0 saturated carbocycles. The van der Waals surface area contributed by atoms with E-state index in [1.807, 2.05) is 18.4 Å². The minimum Gasteiger partial charge on any atom is -0.480 e. The molecule has 0 saturated heterocycles. The second-order valence-corrected chi connectivity index (χ2v) is 6.31. The van der Waals surface area contributed by atoms with Crippen molar-refractivity contribution < 1.29 is 14.7 Å². The van der Waals surface area contributed by atoms with E-state index in [2.05, 4.69) is 5.32 Å². The van der Waals surface area contributed by atoms with Gasteiger partial charge in [0, 0.05) is 16.7 Å². The Morgan fingerprint density at radius 1 is 1.41 bits per heavy atom. The topological polar surface area (TPSA) is 71.3 Å².